The monoisotopic (exact) mass is 656 g/mol. The molecule has 0 saturated heterocycles. The third kappa shape index (κ3) is 19.7. The number of hydrogen-bond acceptors (Lipinski definition) is 10. The van der Waals surface area contributed by atoms with E-state index in [2.05, 4.69) is 35.3 Å². The number of nitrogens with zero attached hydrogens (tertiary/aromatic N) is 1. The molecule has 12 nitrogen and oxygen atoms in total. The van der Waals surface area contributed by atoms with E-state index in [-0.39, 0.29) is 42.8 Å². The van der Waals surface area contributed by atoms with Gasteiger partial charge in [0, 0.05) is 19.0 Å². The Bertz CT molecular complexity index is 1480. The SMILES string of the molecule is C=CC(=O)CO.O=C(CO)CCCCc1ccccc1.O=[N+]([O-])c1ccccc1S(=O)(=O)NCc1ccccc1.OCC#CCO. The predicted octanol–water partition coefficient (Wildman–Crippen LogP) is 2.74. The summed E-state index contributed by atoms with van der Waals surface area (Å²) < 4.78 is 26.6. The number of carbonyl (C=O) groups excluding carboxylic acids is 2. The van der Waals surface area contributed by atoms with Crippen LogP contribution in [0, 0.1) is 22.0 Å². The van der Waals surface area contributed by atoms with Crippen molar-refractivity contribution in [3.05, 3.63) is 119 Å². The van der Waals surface area contributed by atoms with Crippen LogP contribution in [0.15, 0.2) is 102 Å². The van der Waals surface area contributed by atoms with E-state index >= 15 is 0 Å². The first-order valence-corrected chi connectivity index (χ1v) is 15.4. The molecule has 0 aliphatic heterocycles. The number of unbranched alkanes of at least 4 members (excludes halogenated alkanes) is 1. The van der Waals surface area contributed by atoms with Crippen LogP contribution in [0.5, 0.6) is 0 Å². The summed E-state index contributed by atoms with van der Waals surface area (Å²) in [7, 11) is -3.93. The lowest BCUT2D eigenvalue weighted by Crippen LogP contribution is -2.24. The Kier molecular flexibility index (Phi) is 23.2. The lowest BCUT2D eigenvalue weighted by molar-refractivity contribution is -0.387. The molecule has 0 saturated carbocycles. The number of nitro benzene ring substituents is 1. The minimum atomic E-state index is -3.93. The average Bonchev–Trinajstić information content (AvgIpc) is 3.09. The van der Waals surface area contributed by atoms with Crippen LogP contribution in [-0.2, 0) is 32.6 Å². The second-order valence-electron chi connectivity index (χ2n) is 8.92. The molecular weight excluding hydrogens is 616 g/mol. The minimum absolute atomic E-state index is 0.0574. The highest BCUT2D eigenvalue weighted by atomic mass is 32.2. The van der Waals surface area contributed by atoms with E-state index in [1.165, 1.54) is 23.8 Å². The molecule has 0 aromatic heterocycles. The number of benzene rings is 3. The molecule has 0 bridgehead atoms. The largest absolute Gasteiger partial charge is 0.389 e. The van der Waals surface area contributed by atoms with Crippen molar-refractivity contribution in [3.8, 4) is 11.8 Å². The van der Waals surface area contributed by atoms with Gasteiger partial charge in [-0.25, -0.2) is 13.1 Å². The number of sulfonamides is 1. The maximum atomic E-state index is 12.1. The fraction of sp³-hybridized carbons (Fsp3) is 0.273. The molecule has 0 amide bonds. The number of aliphatic hydroxyl groups is 4. The van der Waals surface area contributed by atoms with Crippen molar-refractivity contribution in [1.82, 2.24) is 4.72 Å². The van der Waals surface area contributed by atoms with Gasteiger partial charge < -0.3 is 20.4 Å². The molecular formula is C33H40N2O10S. The Morgan fingerprint density at radius 3 is 1.78 bits per heavy atom. The van der Waals surface area contributed by atoms with E-state index in [0.717, 1.165) is 37.0 Å². The van der Waals surface area contributed by atoms with Gasteiger partial charge in [-0.3, -0.25) is 19.7 Å². The zero-order valence-electron chi connectivity index (χ0n) is 25.3. The van der Waals surface area contributed by atoms with E-state index in [1.807, 2.05) is 24.3 Å². The van der Waals surface area contributed by atoms with Gasteiger partial charge in [0.15, 0.2) is 16.5 Å². The normalized spacial score (nSPS) is 9.74. The summed E-state index contributed by atoms with van der Waals surface area (Å²) in [6.07, 6.45) is 4.48. The molecule has 46 heavy (non-hydrogen) atoms. The highest BCUT2D eigenvalue weighted by Crippen LogP contribution is 2.22. The molecule has 0 spiro atoms. The molecule has 0 aliphatic carbocycles. The van der Waals surface area contributed by atoms with Crippen LogP contribution in [0.4, 0.5) is 5.69 Å². The molecule has 0 aliphatic rings. The molecule has 3 rings (SSSR count). The number of aryl methyl sites for hydroxylation is 1. The lowest BCUT2D eigenvalue weighted by atomic mass is 10.1. The highest BCUT2D eigenvalue weighted by Gasteiger charge is 2.24. The van der Waals surface area contributed by atoms with Gasteiger partial charge in [0.2, 0.25) is 10.0 Å². The second-order valence-corrected chi connectivity index (χ2v) is 10.7. The van der Waals surface area contributed by atoms with Crippen molar-refractivity contribution < 1.29 is 43.4 Å². The first-order chi connectivity index (χ1) is 22.1. The zero-order chi connectivity index (χ0) is 34.6. The van der Waals surface area contributed by atoms with Crippen molar-refractivity contribution in [3.63, 3.8) is 0 Å². The Morgan fingerprint density at radius 1 is 0.804 bits per heavy atom. The van der Waals surface area contributed by atoms with Crippen molar-refractivity contribution in [2.45, 2.75) is 37.1 Å². The van der Waals surface area contributed by atoms with Crippen LogP contribution in [-0.4, -0.2) is 71.8 Å². The summed E-state index contributed by atoms with van der Waals surface area (Å²) in [5.41, 5.74) is 1.65. The number of ketones is 2. The number of Topliss-reactive ketones (excluding diaryl/α,β-unsaturated/α-hetero) is 1. The molecule has 13 heteroatoms. The van der Waals surface area contributed by atoms with E-state index in [9.17, 15) is 28.1 Å². The van der Waals surface area contributed by atoms with Crippen molar-refractivity contribution in [1.29, 1.82) is 0 Å². The molecule has 0 radical (unpaired) electrons. The van der Waals surface area contributed by atoms with Gasteiger partial charge in [-0.1, -0.05) is 91.2 Å². The molecule has 0 atom stereocenters. The van der Waals surface area contributed by atoms with Crippen LogP contribution < -0.4 is 4.72 Å². The Labute approximate surface area is 269 Å². The Hall–Kier alpha value is -4.55. The lowest BCUT2D eigenvalue weighted by Gasteiger charge is -2.07. The molecule has 3 aromatic carbocycles. The van der Waals surface area contributed by atoms with Gasteiger partial charge in [-0.2, -0.15) is 0 Å². The Morgan fingerprint density at radius 2 is 1.33 bits per heavy atom. The number of nitro groups is 1. The van der Waals surface area contributed by atoms with Crippen LogP contribution in [0.3, 0.4) is 0 Å². The van der Waals surface area contributed by atoms with Gasteiger partial charge in [0.25, 0.3) is 5.69 Å². The summed E-state index contributed by atoms with van der Waals surface area (Å²) in [6, 6.07) is 24.4. The standard InChI is InChI=1S/C13H12N2O4S.C12H16O2.2C4H6O2/c16-15(17)12-8-4-5-9-13(12)20(18,19)14-10-11-6-2-1-3-7-11;13-10-12(14)9-5-4-8-11-6-2-1-3-7-11;1-2-4(6)3-5;5-3-1-2-4-6/h1-9,14H,10H2;1-3,6-7,13H,4-5,8-10H2;2,5H,1,3H2;5-6H,3-4H2. The summed E-state index contributed by atoms with van der Waals surface area (Å²) in [4.78, 5) is 30.4. The highest BCUT2D eigenvalue weighted by molar-refractivity contribution is 7.89. The topological polar surface area (TPSA) is 204 Å². The van der Waals surface area contributed by atoms with Crippen LogP contribution >= 0.6 is 0 Å². The number of hydrogen-bond donors (Lipinski definition) is 5. The summed E-state index contributed by atoms with van der Waals surface area (Å²) in [5, 5.41) is 43.1. The van der Waals surface area contributed by atoms with Gasteiger partial charge >= 0.3 is 0 Å². The quantitative estimate of drug-likeness (QED) is 0.0598. The van der Waals surface area contributed by atoms with E-state index in [1.54, 1.807) is 24.3 Å². The van der Waals surface area contributed by atoms with E-state index in [4.69, 9.17) is 20.4 Å². The summed E-state index contributed by atoms with van der Waals surface area (Å²) in [5.74, 6) is 4.11. The number of nitrogens with one attached hydrogen (secondary N) is 1. The fourth-order valence-corrected chi connectivity index (χ4v) is 4.43. The molecule has 3 aromatic rings. The molecule has 0 fully saturated rings. The number of carbonyl (C=O) groups is 2. The second kappa shape index (κ2) is 25.7. The van der Waals surface area contributed by atoms with Crippen LogP contribution in [0.25, 0.3) is 0 Å². The Balaban J connectivity index is 0.000000673. The molecule has 5 N–H and O–H groups in total. The molecule has 0 heterocycles. The number of para-hydroxylation sites is 1. The summed E-state index contributed by atoms with van der Waals surface area (Å²) >= 11 is 0. The van der Waals surface area contributed by atoms with E-state index in [0.29, 0.717) is 6.42 Å². The van der Waals surface area contributed by atoms with Crippen molar-refractivity contribution in [2.75, 3.05) is 26.4 Å². The van der Waals surface area contributed by atoms with Crippen molar-refractivity contribution >= 4 is 27.3 Å². The van der Waals surface area contributed by atoms with Gasteiger partial charge in [0.1, 0.15) is 26.4 Å². The zero-order valence-corrected chi connectivity index (χ0v) is 26.1. The predicted molar refractivity (Wildman–Crippen MR) is 174 cm³/mol. The van der Waals surface area contributed by atoms with E-state index < -0.39 is 27.2 Å². The number of rotatable bonds is 13. The minimum Gasteiger partial charge on any atom is -0.389 e. The first-order valence-electron chi connectivity index (χ1n) is 13.9. The van der Waals surface area contributed by atoms with Gasteiger partial charge in [-0.05, 0) is 42.5 Å². The summed E-state index contributed by atoms with van der Waals surface area (Å²) in [6.45, 7) is 2.13. The maximum Gasteiger partial charge on any atom is 0.289 e. The third-order valence-electron chi connectivity index (χ3n) is 5.52. The van der Waals surface area contributed by atoms with Gasteiger partial charge in [0.05, 0.1) is 4.92 Å². The molecule has 248 valence electrons. The third-order valence-corrected chi connectivity index (χ3v) is 6.97. The average molecular weight is 657 g/mol. The first kappa shape index (κ1) is 41.4. The maximum absolute atomic E-state index is 12.1. The molecule has 0 unspecified atom stereocenters. The van der Waals surface area contributed by atoms with Crippen molar-refractivity contribution in [2.24, 2.45) is 0 Å². The van der Waals surface area contributed by atoms with Crippen LogP contribution in [0.2, 0.25) is 0 Å². The van der Waals surface area contributed by atoms with Crippen LogP contribution in [0.1, 0.15) is 30.4 Å². The number of aliphatic hydroxyl groups excluding tert-OH is 4. The van der Waals surface area contributed by atoms with Gasteiger partial charge in [-0.15, -0.1) is 0 Å². The fourth-order valence-electron chi connectivity index (χ4n) is 3.24. The smallest absolute Gasteiger partial charge is 0.289 e.